The topological polar surface area (TPSA) is 0 Å². The van der Waals surface area contributed by atoms with Crippen molar-refractivity contribution in [1.29, 1.82) is 0 Å². The second-order valence-electron chi connectivity index (χ2n) is 16.0. The summed E-state index contributed by atoms with van der Waals surface area (Å²) in [7, 11) is 0. The molecule has 2 atom stereocenters. The first kappa shape index (κ1) is 34.5. The van der Waals surface area contributed by atoms with Crippen molar-refractivity contribution in [1.82, 2.24) is 0 Å². The average Bonchev–Trinajstić information content (AvgIpc) is 3.30. The van der Waals surface area contributed by atoms with Crippen LogP contribution in [0, 0.1) is 11.8 Å². The number of fused-ring (bicyclic) bond motifs is 4. The maximum absolute atomic E-state index is 2.49. The normalized spacial score (nSPS) is 17.8. The van der Waals surface area contributed by atoms with Gasteiger partial charge >= 0.3 is 0 Å². The molecule has 0 amide bonds. The number of hydrogen-bond acceptors (Lipinski definition) is 0. The van der Waals surface area contributed by atoms with Gasteiger partial charge in [-0.05, 0) is 136 Å². The van der Waals surface area contributed by atoms with E-state index < -0.39 is 0 Å². The largest absolute Gasteiger partial charge is 0.0836 e. The predicted octanol–water partition coefficient (Wildman–Crippen LogP) is 11.7. The van der Waals surface area contributed by atoms with E-state index in [0.29, 0.717) is 0 Å². The van der Waals surface area contributed by atoms with Gasteiger partial charge in [-0.15, -0.1) is 0 Å². The molecule has 7 aromatic rings. The first-order valence-corrected chi connectivity index (χ1v) is 21.0. The van der Waals surface area contributed by atoms with E-state index in [0.717, 1.165) is 25.7 Å². The Morgan fingerprint density at radius 3 is 1.55 bits per heavy atom. The van der Waals surface area contributed by atoms with Crippen LogP contribution >= 0.6 is 0 Å². The molecule has 58 heavy (non-hydrogen) atoms. The molecule has 4 aliphatic carbocycles. The number of allylic oxidation sites excluding steroid dienone is 8. The lowest BCUT2D eigenvalue weighted by Crippen LogP contribution is -2.40. The van der Waals surface area contributed by atoms with Crippen LogP contribution in [0.1, 0.15) is 42.4 Å². The van der Waals surface area contributed by atoms with E-state index in [1.807, 2.05) is 0 Å². The summed E-state index contributed by atoms with van der Waals surface area (Å²) in [5.41, 5.74) is 15.8. The first-order valence-electron chi connectivity index (χ1n) is 21.0. The van der Waals surface area contributed by atoms with Crippen molar-refractivity contribution in [2.24, 2.45) is 11.8 Å². The molecule has 0 bridgehead atoms. The van der Waals surface area contributed by atoms with Gasteiger partial charge in [0, 0.05) is 11.8 Å². The Balaban J connectivity index is 1.07. The monoisotopic (exact) mass is 740 g/mol. The van der Waals surface area contributed by atoms with Crippen LogP contribution in [-0.2, 0) is 0 Å². The van der Waals surface area contributed by atoms with Gasteiger partial charge in [0.2, 0.25) is 0 Å². The van der Waals surface area contributed by atoms with Gasteiger partial charge in [-0.3, -0.25) is 0 Å². The summed E-state index contributed by atoms with van der Waals surface area (Å²) in [4.78, 5) is 0. The van der Waals surface area contributed by atoms with Crippen molar-refractivity contribution in [2.75, 3.05) is 0 Å². The molecule has 0 heterocycles. The molecule has 0 aromatic heterocycles. The molecule has 11 rings (SSSR count). The molecule has 0 aliphatic heterocycles. The molecule has 276 valence electrons. The van der Waals surface area contributed by atoms with Crippen molar-refractivity contribution in [3.63, 3.8) is 0 Å². The van der Waals surface area contributed by atoms with Crippen LogP contribution < -0.4 is 20.9 Å². The fourth-order valence-electron chi connectivity index (χ4n) is 10.1. The zero-order valence-corrected chi connectivity index (χ0v) is 32.6. The Bertz CT molecular complexity index is 3150. The molecule has 2 unspecified atom stereocenters. The first-order chi connectivity index (χ1) is 28.8. The molecular formula is C58H44. The van der Waals surface area contributed by atoms with E-state index in [2.05, 4.69) is 206 Å². The molecule has 0 fully saturated rings. The minimum absolute atomic E-state index is 0.229. The quantitative estimate of drug-likeness (QED) is 0.159. The van der Waals surface area contributed by atoms with E-state index in [4.69, 9.17) is 0 Å². The number of rotatable bonds is 6. The van der Waals surface area contributed by atoms with Crippen molar-refractivity contribution >= 4 is 39.6 Å². The van der Waals surface area contributed by atoms with E-state index in [1.54, 1.807) is 0 Å². The molecule has 0 radical (unpaired) electrons. The summed E-state index contributed by atoms with van der Waals surface area (Å²) < 4.78 is 0. The highest BCUT2D eigenvalue weighted by atomic mass is 14.3. The third-order valence-corrected chi connectivity index (χ3v) is 12.7. The minimum Gasteiger partial charge on any atom is -0.0836 e. The standard InChI is InChI=1S/C58H44/c1-3-17-39(18-4-1)43-21-15-23-45(37-43)57-51-29-11-7-25-47(51)55(48-26-8-12-30-52(48)57)41-33-35-42(36-34-41)56-49-27-9-13-31-53(49)58(54-32-14-10-28-50(54)56)46-24-16-22-44(38-46)40-19-5-2-6-20-40/h1,3-5,7-9,11-13,15-38,47,51H,2,6,10,14H2. The Morgan fingerprint density at radius 2 is 0.879 bits per heavy atom. The van der Waals surface area contributed by atoms with Gasteiger partial charge in [-0.25, -0.2) is 0 Å². The maximum atomic E-state index is 2.49. The van der Waals surface area contributed by atoms with Gasteiger partial charge in [0.05, 0.1) is 0 Å². The SMILES string of the molecule is C1=CC2C(c3ccc(-c4c5c(c(-c6cccc(C7=CCCC=C7)c6)c6ccccc46)=CCCC=5)cc3)=c3ccccc3=C(c3cccc(-c4ccccc4)c3)C2C=C1. The smallest absolute Gasteiger partial charge is 0.0137 e. The summed E-state index contributed by atoms with van der Waals surface area (Å²) in [6.07, 6.45) is 25.6. The number of benzene rings is 7. The third-order valence-electron chi connectivity index (χ3n) is 12.7. The zero-order valence-electron chi connectivity index (χ0n) is 32.6. The van der Waals surface area contributed by atoms with Crippen molar-refractivity contribution in [3.05, 3.63) is 232 Å². The van der Waals surface area contributed by atoms with Crippen LogP contribution in [-0.4, -0.2) is 0 Å². The fraction of sp³-hybridized carbons (Fsp3) is 0.103. The van der Waals surface area contributed by atoms with Crippen LogP contribution in [0.5, 0.6) is 0 Å². The summed E-state index contributed by atoms with van der Waals surface area (Å²) in [5.74, 6) is 0.464. The lowest BCUT2D eigenvalue weighted by molar-refractivity contribution is 0.686. The van der Waals surface area contributed by atoms with E-state index >= 15 is 0 Å². The lowest BCUT2D eigenvalue weighted by atomic mass is 9.70. The highest BCUT2D eigenvalue weighted by Gasteiger charge is 2.32. The van der Waals surface area contributed by atoms with Crippen LogP contribution in [0.4, 0.5) is 0 Å². The Hall–Kier alpha value is -6.76. The molecule has 0 N–H and O–H groups in total. The van der Waals surface area contributed by atoms with Gasteiger partial charge in [-0.2, -0.15) is 0 Å². The molecule has 7 aromatic carbocycles. The molecule has 0 saturated heterocycles. The molecule has 0 spiro atoms. The molecule has 0 saturated carbocycles. The van der Waals surface area contributed by atoms with Crippen LogP contribution in [0.25, 0.3) is 73.0 Å². The van der Waals surface area contributed by atoms with E-state index in [1.165, 1.54) is 98.4 Å². The highest BCUT2D eigenvalue weighted by molar-refractivity contribution is 6.06. The van der Waals surface area contributed by atoms with Crippen LogP contribution in [0.15, 0.2) is 194 Å². The Kier molecular flexibility index (Phi) is 8.70. The van der Waals surface area contributed by atoms with Crippen molar-refractivity contribution in [3.8, 4) is 33.4 Å². The maximum Gasteiger partial charge on any atom is 0.0137 e. The van der Waals surface area contributed by atoms with Gasteiger partial charge in [0.1, 0.15) is 0 Å². The Labute approximate surface area is 340 Å². The lowest BCUT2D eigenvalue weighted by Gasteiger charge is -2.33. The average molecular weight is 741 g/mol. The second kappa shape index (κ2) is 14.6. The predicted molar refractivity (Wildman–Crippen MR) is 246 cm³/mol. The van der Waals surface area contributed by atoms with Gasteiger partial charge in [-0.1, -0.05) is 194 Å². The molecule has 0 nitrogen and oxygen atoms in total. The summed E-state index contributed by atoms with van der Waals surface area (Å²) in [6, 6.07) is 56.8. The molecule has 0 heteroatoms. The van der Waals surface area contributed by atoms with Crippen molar-refractivity contribution in [2.45, 2.75) is 25.7 Å². The van der Waals surface area contributed by atoms with Gasteiger partial charge < -0.3 is 0 Å². The fourth-order valence-corrected chi connectivity index (χ4v) is 10.1. The molecular weight excluding hydrogens is 697 g/mol. The summed E-state index contributed by atoms with van der Waals surface area (Å²) >= 11 is 0. The minimum atomic E-state index is 0.229. The van der Waals surface area contributed by atoms with E-state index in [-0.39, 0.29) is 11.8 Å². The summed E-state index contributed by atoms with van der Waals surface area (Å²) in [6.45, 7) is 0. The van der Waals surface area contributed by atoms with Crippen LogP contribution in [0.2, 0.25) is 0 Å². The molecule has 4 aliphatic rings. The second-order valence-corrected chi connectivity index (χ2v) is 16.0. The Morgan fingerprint density at radius 1 is 0.362 bits per heavy atom. The van der Waals surface area contributed by atoms with E-state index in [9.17, 15) is 0 Å². The highest BCUT2D eigenvalue weighted by Crippen LogP contribution is 2.42. The third kappa shape index (κ3) is 5.91. The summed E-state index contributed by atoms with van der Waals surface area (Å²) in [5, 5.41) is 8.01. The van der Waals surface area contributed by atoms with Crippen molar-refractivity contribution < 1.29 is 0 Å². The van der Waals surface area contributed by atoms with Gasteiger partial charge in [0.15, 0.2) is 0 Å². The zero-order chi connectivity index (χ0) is 38.4. The van der Waals surface area contributed by atoms with Gasteiger partial charge in [0.25, 0.3) is 0 Å². The van der Waals surface area contributed by atoms with Crippen LogP contribution in [0.3, 0.4) is 0 Å². The number of hydrogen-bond donors (Lipinski definition) is 0.